The summed E-state index contributed by atoms with van der Waals surface area (Å²) in [5.41, 5.74) is 0. The number of hydrogen-bond donors (Lipinski definition) is 1. The number of hydrogen-bond acceptors (Lipinski definition) is 3. The van der Waals surface area contributed by atoms with Crippen LogP contribution in [0, 0.1) is 0 Å². The highest BCUT2D eigenvalue weighted by atomic mass is 27.0. The minimum Gasteiger partial charge on any atom is -0.301 e. The van der Waals surface area contributed by atoms with Crippen LogP contribution in [-0.4, -0.2) is 28.6 Å². The minimum atomic E-state index is -0.602. The molecule has 0 aliphatic heterocycles. The van der Waals surface area contributed by atoms with Crippen LogP contribution >= 0.6 is 0 Å². The first-order valence-corrected chi connectivity index (χ1v) is 1.65. The molecule has 4 heteroatoms. The van der Waals surface area contributed by atoms with Crippen LogP contribution in [0.1, 0.15) is 13.3 Å². The van der Waals surface area contributed by atoms with E-state index in [9.17, 15) is 4.79 Å². The quantitative estimate of drug-likeness (QED) is 0.281. The van der Waals surface area contributed by atoms with E-state index in [-0.39, 0.29) is 23.8 Å². The van der Waals surface area contributed by atoms with Crippen LogP contribution < -0.4 is 0 Å². The highest BCUT2D eigenvalue weighted by molar-refractivity contribution is 5.75. The third-order valence-corrected chi connectivity index (χ3v) is 0.390. The standard InChI is InChI=1S/C3H6O3.Al.3H/c1-2-3(4)6-5;;;;/h5H,2H2,1H3;;;;. The van der Waals surface area contributed by atoms with E-state index in [1.165, 1.54) is 0 Å². The van der Waals surface area contributed by atoms with Crippen LogP contribution in [0.2, 0.25) is 0 Å². The topological polar surface area (TPSA) is 46.5 Å². The van der Waals surface area contributed by atoms with Crippen molar-refractivity contribution in [3.8, 4) is 0 Å². The summed E-state index contributed by atoms with van der Waals surface area (Å²) < 4.78 is 0. The van der Waals surface area contributed by atoms with Gasteiger partial charge in [-0.2, -0.15) is 5.26 Å². The van der Waals surface area contributed by atoms with Crippen LogP contribution in [0.5, 0.6) is 0 Å². The van der Waals surface area contributed by atoms with Gasteiger partial charge in [0.2, 0.25) is 0 Å². The molecule has 7 heavy (non-hydrogen) atoms. The van der Waals surface area contributed by atoms with Gasteiger partial charge >= 0.3 is 5.97 Å². The first kappa shape index (κ1) is 10.1. The molecule has 0 heterocycles. The number of rotatable bonds is 1. The normalized spacial score (nSPS) is 6.57. The molecule has 0 bridgehead atoms. The van der Waals surface area contributed by atoms with Crippen LogP contribution in [0.25, 0.3) is 0 Å². The molecule has 0 rings (SSSR count). The Labute approximate surface area is 52.3 Å². The lowest BCUT2D eigenvalue weighted by molar-refractivity contribution is -0.233. The lowest BCUT2D eigenvalue weighted by Crippen LogP contribution is -1.95. The van der Waals surface area contributed by atoms with E-state index in [2.05, 4.69) is 4.89 Å². The zero-order valence-electron chi connectivity index (χ0n) is 3.47. The molecule has 42 valence electrons. The van der Waals surface area contributed by atoms with Crippen LogP contribution in [0.15, 0.2) is 0 Å². The van der Waals surface area contributed by atoms with Gasteiger partial charge in [-0.3, -0.25) is 0 Å². The minimum absolute atomic E-state index is 0. The molecule has 3 nitrogen and oxygen atoms in total. The molecule has 0 amide bonds. The molecule has 0 spiro atoms. The van der Waals surface area contributed by atoms with Crippen molar-refractivity contribution in [1.82, 2.24) is 0 Å². The third kappa shape index (κ3) is 5.96. The zero-order chi connectivity index (χ0) is 4.99. The van der Waals surface area contributed by atoms with E-state index in [0.29, 0.717) is 0 Å². The molecule has 0 aromatic rings. The highest BCUT2D eigenvalue weighted by Crippen LogP contribution is 1.75. The van der Waals surface area contributed by atoms with Crippen molar-refractivity contribution in [3.63, 3.8) is 0 Å². The molecule has 0 radical (unpaired) electrons. The molecule has 0 unspecified atom stereocenters. The van der Waals surface area contributed by atoms with Gasteiger partial charge in [0.1, 0.15) is 0 Å². The first-order valence-electron chi connectivity index (χ1n) is 1.65. The van der Waals surface area contributed by atoms with Gasteiger partial charge in [0.15, 0.2) is 17.4 Å². The largest absolute Gasteiger partial charge is 0.341 e. The maximum absolute atomic E-state index is 9.71. The van der Waals surface area contributed by atoms with Gasteiger partial charge in [-0.15, -0.1) is 0 Å². The summed E-state index contributed by atoms with van der Waals surface area (Å²) >= 11 is 0. The Morgan fingerprint density at radius 2 is 2.29 bits per heavy atom. The Hall–Kier alpha value is -0.0375. The monoisotopic (exact) mass is 120 g/mol. The lowest BCUT2D eigenvalue weighted by atomic mass is 10.5. The zero-order valence-corrected chi connectivity index (χ0v) is 3.47. The van der Waals surface area contributed by atoms with Crippen LogP contribution in [0.4, 0.5) is 0 Å². The molecule has 0 saturated heterocycles. The molecule has 0 fully saturated rings. The maximum Gasteiger partial charge on any atom is 0.341 e. The molecule has 0 atom stereocenters. The van der Waals surface area contributed by atoms with E-state index in [0.717, 1.165) is 0 Å². The molecule has 1 N–H and O–H groups in total. The Kier molecular flexibility index (Phi) is 8.56. The number of carbonyl (C=O) groups is 1. The van der Waals surface area contributed by atoms with Gasteiger partial charge in [-0.05, 0) is 0 Å². The summed E-state index contributed by atoms with van der Waals surface area (Å²) in [5, 5.41) is 7.49. The smallest absolute Gasteiger partial charge is 0.301 e. The molecule has 0 aliphatic carbocycles. The summed E-state index contributed by atoms with van der Waals surface area (Å²) in [6, 6.07) is 0. The van der Waals surface area contributed by atoms with Crippen molar-refractivity contribution >= 4 is 23.3 Å². The van der Waals surface area contributed by atoms with Gasteiger partial charge in [-0.1, -0.05) is 6.92 Å². The Morgan fingerprint density at radius 3 is 2.29 bits per heavy atom. The Morgan fingerprint density at radius 1 is 1.86 bits per heavy atom. The fraction of sp³-hybridized carbons (Fsp3) is 0.667. The lowest BCUT2D eigenvalue weighted by Gasteiger charge is -1.83. The Balaban J connectivity index is 0. The molecule has 0 aromatic carbocycles. The second kappa shape index (κ2) is 5.96. The predicted octanol–water partition coefficient (Wildman–Crippen LogP) is -0.771. The van der Waals surface area contributed by atoms with Crippen molar-refractivity contribution in [3.05, 3.63) is 0 Å². The van der Waals surface area contributed by atoms with Crippen molar-refractivity contribution < 1.29 is 14.9 Å². The summed E-state index contributed by atoms with van der Waals surface area (Å²) in [5.74, 6) is -0.602. The average molecular weight is 120 g/mol. The second-order valence-corrected chi connectivity index (χ2v) is 0.817. The predicted molar refractivity (Wildman–Crippen MR) is 29.0 cm³/mol. The molecule has 0 saturated carbocycles. The van der Waals surface area contributed by atoms with E-state index in [1.54, 1.807) is 6.92 Å². The average Bonchev–Trinajstić information content (AvgIpc) is 1.65. The van der Waals surface area contributed by atoms with Crippen molar-refractivity contribution in [2.45, 2.75) is 13.3 Å². The molecular weight excluding hydrogens is 111 g/mol. The molecule has 0 aliphatic rings. The van der Waals surface area contributed by atoms with Gasteiger partial charge in [0.25, 0.3) is 0 Å². The van der Waals surface area contributed by atoms with Crippen LogP contribution in [-0.2, 0) is 9.68 Å². The van der Waals surface area contributed by atoms with E-state index in [4.69, 9.17) is 5.26 Å². The van der Waals surface area contributed by atoms with E-state index < -0.39 is 5.97 Å². The van der Waals surface area contributed by atoms with Gasteiger partial charge in [0, 0.05) is 6.42 Å². The maximum atomic E-state index is 9.71. The fourth-order valence-corrected chi connectivity index (χ4v) is 0.0645. The summed E-state index contributed by atoms with van der Waals surface area (Å²) in [6.07, 6.45) is 0.219. The van der Waals surface area contributed by atoms with Crippen LogP contribution in [0.3, 0.4) is 0 Å². The van der Waals surface area contributed by atoms with E-state index >= 15 is 0 Å². The highest BCUT2D eigenvalue weighted by Gasteiger charge is 1.90. The van der Waals surface area contributed by atoms with Gasteiger partial charge in [-0.25, -0.2) is 4.79 Å². The Bertz CT molecular complexity index is 48.1. The summed E-state index contributed by atoms with van der Waals surface area (Å²) in [4.78, 5) is 13.0. The van der Waals surface area contributed by atoms with Gasteiger partial charge < -0.3 is 4.89 Å². The summed E-state index contributed by atoms with van der Waals surface area (Å²) in [7, 11) is 0. The van der Waals surface area contributed by atoms with Crippen molar-refractivity contribution in [2.24, 2.45) is 0 Å². The van der Waals surface area contributed by atoms with Crippen molar-refractivity contribution in [2.75, 3.05) is 0 Å². The molecular formula is C3H9AlO3. The van der Waals surface area contributed by atoms with Gasteiger partial charge in [0.05, 0.1) is 0 Å². The second-order valence-electron chi connectivity index (χ2n) is 0.817. The summed E-state index contributed by atoms with van der Waals surface area (Å²) in [6.45, 7) is 1.60. The van der Waals surface area contributed by atoms with Crippen molar-refractivity contribution in [1.29, 1.82) is 0 Å². The SMILES string of the molecule is CCC(=O)OO.[AlH3]. The molecule has 0 aromatic heterocycles. The number of carbonyl (C=O) groups excluding carboxylic acids is 1. The third-order valence-electron chi connectivity index (χ3n) is 0.390. The first-order chi connectivity index (χ1) is 2.81. The fourth-order valence-electron chi connectivity index (χ4n) is 0.0645. The van der Waals surface area contributed by atoms with E-state index in [1.807, 2.05) is 0 Å².